The van der Waals surface area contributed by atoms with Gasteiger partial charge in [0.2, 0.25) is 0 Å². The molecule has 1 fully saturated rings. The van der Waals surface area contributed by atoms with Crippen LogP contribution in [0.15, 0.2) is 44.9 Å². The number of ether oxygens (including phenoxy) is 2. The number of benzene rings is 1. The molecule has 1 unspecified atom stereocenters. The third-order valence-electron chi connectivity index (χ3n) is 4.16. The van der Waals surface area contributed by atoms with Crippen molar-refractivity contribution < 1.29 is 9.47 Å². The fourth-order valence-electron chi connectivity index (χ4n) is 2.65. The minimum atomic E-state index is -0.00694. The van der Waals surface area contributed by atoms with Crippen LogP contribution in [0.1, 0.15) is 18.4 Å². The molecule has 1 aliphatic carbocycles. The van der Waals surface area contributed by atoms with Gasteiger partial charge in [-0.05, 0) is 30.4 Å². The molecule has 1 saturated carbocycles. The summed E-state index contributed by atoms with van der Waals surface area (Å²) in [6, 6.07) is 6.24. The molecule has 5 nitrogen and oxygen atoms in total. The van der Waals surface area contributed by atoms with Crippen LogP contribution >= 0.6 is 11.8 Å². The second-order valence-electron chi connectivity index (χ2n) is 6.03. The van der Waals surface area contributed by atoms with Crippen LogP contribution in [0.3, 0.4) is 0 Å². The van der Waals surface area contributed by atoms with Gasteiger partial charge in [0.05, 0.1) is 25.5 Å². The van der Waals surface area contributed by atoms with Crippen molar-refractivity contribution in [1.29, 1.82) is 0 Å². The average Bonchev–Trinajstić information content (AvgIpc) is 3.37. The Labute approximate surface area is 151 Å². The van der Waals surface area contributed by atoms with E-state index in [1.54, 1.807) is 32.3 Å². The lowest BCUT2D eigenvalue weighted by Gasteiger charge is -2.20. The zero-order valence-corrected chi connectivity index (χ0v) is 14.9. The SMILES string of the molecule is COc1cc(C#CC2=CSC3=C(NC4CC4)NC=NC23)cc(OC)c1. The van der Waals surface area contributed by atoms with Crippen LogP contribution in [0.5, 0.6) is 11.5 Å². The summed E-state index contributed by atoms with van der Waals surface area (Å²) >= 11 is 1.69. The van der Waals surface area contributed by atoms with Gasteiger partial charge in [0, 0.05) is 23.2 Å². The Morgan fingerprint density at radius 1 is 1.16 bits per heavy atom. The number of fused-ring (bicyclic) bond motifs is 1. The number of rotatable bonds is 4. The van der Waals surface area contributed by atoms with Crippen molar-refractivity contribution in [2.75, 3.05) is 14.2 Å². The number of aliphatic imine (C=N–C) groups is 1. The van der Waals surface area contributed by atoms with Crippen LogP contribution in [0.2, 0.25) is 0 Å². The second kappa shape index (κ2) is 6.77. The van der Waals surface area contributed by atoms with Gasteiger partial charge in [-0.1, -0.05) is 23.6 Å². The Balaban J connectivity index is 1.56. The van der Waals surface area contributed by atoms with Crippen molar-refractivity contribution in [2.24, 2.45) is 4.99 Å². The Bertz CT molecular complexity index is 822. The van der Waals surface area contributed by atoms with E-state index >= 15 is 0 Å². The minimum Gasteiger partial charge on any atom is -0.497 e. The Hall–Kier alpha value is -2.52. The molecule has 128 valence electrons. The number of methoxy groups -OCH3 is 2. The summed E-state index contributed by atoms with van der Waals surface area (Å²) in [4.78, 5) is 5.75. The zero-order chi connectivity index (χ0) is 17.2. The molecule has 2 aliphatic heterocycles. The third-order valence-corrected chi connectivity index (χ3v) is 5.22. The maximum atomic E-state index is 5.30. The molecule has 2 N–H and O–H groups in total. The highest BCUT2D eigenvalue weighted by atomic mass is 32.2. The van der Waals surface area contributed by atoms with Crippen molar-refractivity contribution in [3.8, 4) is 23.3 Å². The first-order valence-electron chi connectivity index (χ1n) is 8.17. The normalized spacial score (nSPS) is 20.9. The van der Waals surface area contributed by atoms with Gasteiger partial charge < -0.3 is 20.1 Å². The fourth-order valence-corrected chi connectivity index (χ4v) is 3.65. The van der Waals surface area contributed by atoms with E-state index in [-0.39, 0.29) is 6.04 Å². The van der Waals surface area contributed by atoms with E-state index in [1.807, 2.05) is 18.2 Å². The Morgan fingerprint density at radius 2 is 1.92 bits per heavy atom. The van der Waals surface area contributed by atoms with E-state index in [0.717, 1.165) is 28.5 Å². The van der Waals surface area contributed by atoms with Gasteiger partial charge in [0.15, 0.2) is 0 Å². The quantitative estimate of drug-likeness (QED) is 0.815. The topological polar surface area (TPSA) is 54.9 Å². The van der Waals surface area contributed by atoms with Crippen LogP contribution in [0, 0.1) is 11.8 Å². The maximum absolute atomic E-state index is 5.30. The minimum absolute atomic E-state index is 0.00694. The first-order valence-corrected chi connectivity index (χ1v) is 9.05. The molecular weight excluding hydrogens is 334 g/mol. The average molecular weight is 353 g/mol. The monoisotopic (exact) mass is 353 g/mol. The van der Waals surface area contributed by atoms with Crippen LogP contribution in [-0.2, 0) is 0 Å². The van der Waals surface area contributed by atoms with Gasteiger partial charge in [-0.2, -0.15) is 0 Å². The molecule has 0 radical (unpaired) electrons. The Morgan fingerprint density at radius 3 is 2.60 bits per heavy atom. The molecule has 25 heavy (non-hydrogen) atoms. The van der Waals surface area contributed by atoms with Crippen molar-refractivity contribution >= 4 is 18.1 Å². The van der Waals surface area contributed by atoms with Crippen molar-refractivity contribution in [1.82, 2.24) is 10.6 Å². The van der Waals surface area contributed by atoms with E-state index in [9.17, 15) is 0 Å². The lowest BCUT2D eigenvalue weighted by atomic mass is 10.1. The third kappa shape index (κ3) is 3.47. The predicted molar refractivity (Wildman–Crippen MR) is 101 cm³/mol. The van der Waals surface area contributed by atoms with Crippen LogP contribution in [-0.4, -0.2) is 32.6 Å². The number of hydrogen-bond acceptors (Lipinski definition) is 6. The van der Waals surface area contributed by atoms with Crippen molar-refractivity contribution in [2.45, 2.75) is 24.9 Å². The fraction of sp³-hybridized carbons (Fsp3) is 0.316. The first-order chi connectivity index (χ1) is 12.3. The highest BCUT2D eigenvalue weighted by Crippen LogP contribution is 2.39. The molecule has 0 amide bonds. The molecule has 0 saturated heterocycles. The predicted octanol–water partition coefficient (Wildman–Crippen LogP) is 2.61. The van der Waals surface area contributed by atoms with Gasteiger partial charge in [-0.3, -0.25) is 4.99 Å². The lowest BCUT2D eigenvalue weighted by Crippen LogP contribution is -2.33. The van der Waals surface area contributed by atoms with Gasteiger partial charge >= 0.3 is 0 Å². The molecule has 0 bridgehead atoms. The molecular formula is C19H19N3O2S. The zero-order valence-electron chi connectivity index (χ0n) is 14.1. The highest BCUT2D eigenvalue weighted by Gasteiger charge is 2.31. The molecule has 6 heteroatoms. The van der Waals surface area contributed by atoms with Crippen LogP contribution in [0.4, 0.5) is 0 Å². The molecule has 2 heterocycles. The molecule has 1 atom stereocenters. The molecule has 0 spiro atoms. The van der Waals surface area contributed by atoms with Crippen LogP contribution in [0.25, 0.3) is 0 Å². The summed E-state index contributed by atoms with van der Waals surface area (Å²) in [5, 5.41) is 8.84. The summed E-state index contributed by atoms with van der Waals surface area (Å²) in [6.07, 6.45) is 4.24. The number of nitrogens with zero attached hydrogens (tertiary/aromatic N) is 1. The standard InChI is InChI=1S/C19H19N3O2S/c1-23-15-7-12(8-16(9-15)24-2)3-4-13-10-25-18-17(13)20-11-21-19(18)22-14-5-6-14/h7-11,14,17,22H,5-6H2,1-2H3,(H,20,21). The smallest absolute Gasteiger partial charge is 0.123 e. The summed E-state index contributed by atoms with van der Waals surface area (Å²) in [7, 11) is 3.27. The molecule has 1 aromatic rings. The second-order valence-corrected chi connectivity index (χ2v) is 6.94. The number of hydrogen-bond donors (Lipinski definition) is 2. The Kier molecular flexibility index (Phi) is 4.33. The van der Waals surface area contributed by atoms with Gasteiger partial charge in [0.1, 0.15) is 23.4 Å². The maximum Gasteiger partial charge on any atom is 0.123 e. The summed E-state index contributed by atoms with van der Waals surface area (Å²) in [5.41, 5.74) is 1.86. The van der Waals surface area contributed by atoms with Gasteiger partial charge in [-0.15, -0.1) is 0 Å². The molecule has 4 rings (SSSR count). The molecule has 0 aromatic heterocycles. The summed E-state index contributed by atoms with van der Waals surface area (Å²) < 4.78 is 10.6. The van der Waals surface area contributed by atoms with Crippen molar-refractivity contribution in [3.05, 3.63) is 45.5 Å². The largest absolute Gasteiger partial charge is 0.497 e. The van der Waals surface area contributed by atoms with Gasteiger partial charge in [0.25, 0.3) is 0 Å². The van der Waals surface area contributed by atoms with E-state index in [4.69, 9.17) is 9.47 Å². The van der Waals surface area contributed by atoms with E-state index in [0.29, 0.717) is 6.04 Å². The van der Waals surface area contributed by atoms with E-state index in [1.165, 1.54) is 17.7 Å². The van der Waals surface area contributed by atoms with Crippen LogP contribution < -0.4 is 20.1 Å². The lowest BCUT2D eigenvalue weighted by molar-refractivity contribution is 0.394. The highest BCUT2D eigenvalue weighted by molar-refractivity contribution is 8.06. The number of nitrogens with one attached hydrogen (secondary N) is 2. The number of thioether (sulfide) groups is 1. The molecule has 3 aliphatic rings. The summed E-state index contributed by atoms with van der Waals surface area (Å²) in [5.74, 6) is 9.01. The van der Waals surface area contributed by atoms with Crippen molar-refractivity contribution in [3.63, 3.8) is 0 Å². The summed E-state index contributed by atoms with van der Waals surface area (Å²) in [6.45, 7) is 0. The van der Waals surface area contributed by atoms with E-state index in [2.05, 4.69) is 32.9 Å². The van der Waals surface area contributed by atoms with E-state index < -0.39 is 0 Å². The van der Waals surface area contributed by atoms with Gasteiger partial charge in [-0.25, -0.2) is 0 Å². The first kappa shape index (κ1) is 16.0. The molecule has 1 aromatic carbocycles.